The molecular formula is C12H14N4OS. The van der Waals surface area contributed by atoms with E-state index >= 15 is 0 Å². The largest absolute Gasteiger partial charge is 0.396 e. The van der Waals surface area contributed by atoms with Crippen LogP contribution in [0.1, 0.15) is 29.4 Å². The highest BCUT2D eigenvalue weighted by Crippen LogP contribution is 2.32. The van der Waals surface area contributed by atoms with Gasteiger partial charge in [-0.2, -0.15) is 0 Å². The third-order valence-electron chi connectivity index (χ3n) is 3.28. The fourth-order valence-corrected chi connectivity index (χ4v) is 3.21. The van der Waals surface area contributed by atoms with Crippen molar-refractivity contribution in [3.05, 3.63) is 17.3 Å². The van der Waals surface area contributed by atoms with Gasteiger partial charge in [-0.1, -0.05) is 6.92 Å². The highest BCUT2D eigenvalue weighted by Gasteiger charge is 2.28. The number of carbonyl (C=O) groups excluding carboxylic acids is 1. The SMILES string of the molecule is CC1CC(NC(=O)c2sc3nccnc3c2N)C1. The molecule has 1 aliphatic carbocycles. The number of aromatic nitrogens is 2. The average molecular weight is 262 g/mol. The van der Waals surface area contributed by atoms with Crippen LogP contribution in [0.15, 0.2) is 12.4 Å². The van der Waals surface area contributed by atoms with Gasteiger partial charge in [-0.15, -0.1) is 11.3 Å². The molecule has 1 amide bonds. The Bertz CT molecular complexity index is 603. The topological polar surface area (TPSA) is 80.9 Å². The van der Waals surface area contributed by atoms with Crippen LogP contribution in [0, 0.1) is 5.92 Å². The van der Waals surface area contributed by atoms with Gasteiger partial charge in [0.15, 0.2) is 0 Å². The Labute approximate surface area is 108 Å². The highest BCUT2D eigenvalue weighted by atomic mass is 32.1. The second kappa shape index (κ2) is 4.20. The zero-order valence-corrected chi connectivity index (χ0v) is 10.8. The highest BCUT2D eigenvalue weighted by molar-refractivity contribution is 7.21. The molecule has 2 heterocycles. The fourth-order valence-electron chi connectivity index (χ4n) is 2.28. The van der Waals surface area contributed by atoms with Gasteiger partial charge >= 0.3 is 0 Å². The number of hydrogen-bond donors (Lipinski definition) is 2. The lowest BCUT2D eigenvalue weighted by atomic mass is 9.82. The molecule has 0 aromatic carbocycles. The fraction of sp³-hybridized carbons (Fsp3) is 0.417. The van der Waals surface area contributed by atoms with Gasteiger partial charge in [0.25, 0.3) is 5.91 Å². The molecule has 0 saturated heterocycles. The Morgan fingerprint density at radius 2 is 2.17 bits per heavy atom. The predicted molar refractivity (Wildman–Crippen MR) is 71.5 cm³/mol. The van der Waals surface area contributed by atoms with Gasteiger partial charge < -0.3 is 11.1 Å². The third kappa shape index (κ3) is 1.82. The number of carbonyl (C=O) groups is 1. The number of anilines is 1. The molecule has 2 aromatic rings. The summed E-state index contributed by atoms with van der Waals surface area (Å²) in [6.07, 6.45) is 5.29. The second-order valence-electron chi connectivity index (χ2n) is 4.80. The minimum Gasteiger partial charge on any atom is -0.396 e. The number of rotatable bonds is 2. The molecule has 0 spiro atoms. The number of nitrogen functional groups attached to an aromatic ring is 1. The van der Waals surface area contributed by atoms with Gasteiger partial charge in [0, 0.05) is 18.4 Å². The Hall–Kier alpha value is -1.69. The van der Waals surface area contributed by atoms with Gasteiger partial charge in [-0.25, -0.2) is 9.97 Å². The van der Waals surface area contributed by atoms with Crippen molar-refractivity contribution in [3.63, 3.8) is 0 Å². The smallest absolute Gasteiger partial charge is 0.263 e. The van der Waals surface area contributed by atoms with Gasteiger partial charge in [0.1, 0.15) is 15.2 Å². The maximum Gasteiger partial charge on any atom is 0.263 e. The molecule has 0 aliphatic heterocycles. The van der Waals surface area contributed by atoms with Crippen LogP contribution < -0.4 is 11.1 Å². The van der Waals surface area contributed by atoms with Crippen molar-refractivity contribution in [2.24, 2.45) is 5.92 Å². The first kappa shape index (κ1) is 11.4. The van der Waals surface area contributed by atoms with E-state index in [9.17, 15) is 4.79 Å². The number of nitrogens with two attached hydrogens (primary N) is 1. The molecular weight excluding hydrogens is 248 g/mol. The van der Waals surface area contributed by atoms with E-state index in [0.29, 0.717) is 26.8 Å². The summed E-state index contributed by atoms with van der Waals surface area (Å²) < 4.78 is 0. The van der Waals surface area contributed by atoms with Crippen molar-refractivity contribution in [1.29, 1.82) is 0 Å². The zero-order chi connectivity index (χ0) is 12.7. The van der Waals surface area contributed by atoms with Crippen LogP contribution in [-0.2, 0) is 0 Å². The Kier molecular flexibility index (Phi) is 2.66. The lowest BCUT2D eigenvalue weighted by Gasteiger charge is -2.33. The van der Waals surface area contributed by atoms with Crippen LogP contribution in [0.25, 0.3) is 10.3 Å². The van der Waals surface area contributed by atoms with Crippen molar-refractivity contribution in [3.8, 4) is 0 Å². The van der Waals surface area contributed by atoms with Crippen molar-refractivity contribution < 1.29 is 4.79 Å². The molecule has 0 bridgehead atoms. The minimum atomic E-state index is -0.103. The van der Waals surface area contributed by atoms with E-state index in [2.05, 4.69) is 22.2 Å². The maximum atomic E-state index is 12.1. The van der Waals surface area contributed by atoms with E-state index in [1.54, 1.807) is 12.4 Å². The number of amides is 1. The molecule has 3 rings (SSSR count). The molecule has 0 unspecified atom stereocenters. The Morgan fingerprint density at radius 3 is 2.83 bits per heavy atom. The molecule has 1 aliphatic rings. The molecule has 5 nitrogen and oxygen atoms in total. The summed E-state index contributed by atoms with van der Waals surface area (Å²) in [5.41, 5.74) is 7.01. The number of nitrogens with one attached hydrogen (secondary N) is 1. The van der Waals surface area contributed by atoms with E-state index in [1.807, 2.05) is 0 Å². The summed E-state index contributed by atoms with van der Waals surface area (Å²) in [5.74, 6) is 0.604. The number of thiophene rings is 1. The zero-order valence-electron chi connectivity index (χ0n) is 10.0. The first-order valence-corrected chi connectivity index (χ1v) is 6.76. The summed E-state index contributed by atoms with van der Waals surface area (Å²) in [6.45, 7) is 2.18. The average Bonchev–Trinajstić information content (AvgIpc) is 2.66. The van der Waals surface area contributed by atoms with Crippen molar-refractivity contribution in [2.45, 2.75) is 25.8 Å². The quantitative estimate of drug-likeness (QED) is 0.864. The third-order valence-corrected chi connectivity index (χ3v) is 4.38. The summed E-state index contributed by atoms with van der Waals surface area (Å²) >= 11 is 1.30. The molecule has 6 heteroatoms. The number of fused-ring (bicyclic) bond motifs is 1. The monoisotopic (exact) mass is 262 g/mol. The molecule has 3 N–H and O–H groups in total. The van der Waals surface area contributed by atoms with E-state index in [4.69, 9.17) is 5.73 Å². The van der Waals surface area contributed by atoms with E-state index in [1.165, 1.54) is 11.3 Å². The Morgan fingerprint density at radius 1 is 1.44 bits per heavy atom. The van der Waals surface area contributed by atoms with Crippen molar-refractivity contribution >= 4 is 33.3 Å². The first-order valence-electron chi connectivity index (χ1n) is 5.95. The molecule has 0 atom stereocenters. The Balaban J connectivity index is 1.85. The first-order chi connectivity index (χ1) is 8.65. The number of hydrogen-bond acceptors (Lipinski definition) is 5. The molecule has 2 aromatic heterocycles. The molecule has 1 fully saturated rings. The summed E-state index contributed by atoms with van der Waals surface area (Å²) in [5, 5.41) is 3.00. The summed E-state index contributed by atoms with van der Waals surface area (Å²) in [7, 11) is 0. The van der Waals surface area contributed by atoms with Crippen LogP contribution in [0.2, 0.25) is 0 Å². The van der Waals surface area contributed by atoms with Crippen molar-refractivity contribution in [2.75, 3.05) is 5.73 Å². The normalized spacial score (nSPS) is 22.7. The van der Waals surface area contributed by atoms with E-state index in [-0.39, 0.29) is 11.9 Å². The van der Waals surface area contributed by atoms with Gasteiger partial charge in [-0.3, -0.25) is 4.79 Å². The van der Waals surface area contributed by atoms with E-state index < -0.39 is 0 Å². The lowest BCUT2D eigenvalue weighted by Crippen LogP contribution is -2.43. The van der Waals surface area contributed by atoms with Crippen molar-refractivity contribution in [1.82, 2.24) is 15.3 Å². The van der Waals surface area contributed by atoms with Gasteiger partial charge in [0.05, 0.1) is 5.69 Å². The second-order valence-corrected chi connectivity index (χ2v) is 5.80. The maximum absolute atomic E-state index is 12.1. The summed E-state index contributed by atoms with van der Waals surface area (Å²) in [4.78, 5) is 21.7. The van der Waals surface area contributed by atoms with Crippen LogP contribution >= 0.6 is 11.3 Å². The van der Waals surface area contributed by atoms with Gasteiger partial charge in [0.2, 0.25) is 0 Å². The molecule has 0 radical (unpaired) electrons. The predicted octanol–water partition coefficient (Wildman–Crippen LogP) is 1.80. The minimum absolute atomic E-state index is 0.103. The van der Waals surface area contributed by atoms with Crippen LogP contribution in [0.3, 0.4) is 0 Å². The summed E-state index contributed by atoms with van der Waals surface area (Å²) in [6, 6.07) is 0.290. The number of nitrogens with zero attached hydrogens (tertiary/aromatic N) is 2. The standard InChI is InChI=1S/C12H14N4OS/c1-6-4-7(5-6)16-11(17)10-8(13)9-12(18-10)15-3-2-14-9/h2-3,6-7H,4-5,13H2,1H3,(H,16,17). The lowest BCUT2D eigenvalue weighted by molar-refractivity contribution is 0.0901. The van der Waals surface area contributed by atoms with Crippen LogP contribution in [0.4, 0.5) is 5.69 Å². The van der Waals surface area contributed by atoms with Crippen LogP contribution in [0.5, 0.6) is 0 Å². The van der Waals surface area contributed by atoms with Gasteiger partial charge in [-0.05, 0) is 18.8 Å². The van der Waals surface area contributed by atoms with E-state index in [0.717, 1.165) is 12.8 Å². The molecule has 1 saturated carbocycles. The molecule has 94 valence electrons. The molecule has 18 heavy (non-hydrogen) atoms. The van der Waals surface area contributed by atoms with Crippen LogP contribution in [-0.4, -0.2) is 21.9 Å².